The van der Waals surface area contributed by atoms with Gasteiger partial charge in [0.05, 0.1) is 10.1 Å². The average molecular weight is 422 g/mol. The molecule has 0 N–H and O–H groups in total. The molecule has 0 saturated carbocycles. The van der Waals surface area contributed by atoms with Gasteiger partial charge in [-0.25, -0.2) is 12.8 Å². The fourth-order valence-corrected chi connectivity index (χ4v) is 5.57. The third-order valence-electron chi connectivity index (χ3n) is 5.16. The molecule has 0 bridgehead atoms. The van der Waals surface area contributed by atoms with E-state index in [4.69, 9.17) is 0 Å². The SMILES string of the molecule is CSc1ccc(CCC(=O)N2CCC(S(=O)(=O)c3ccc(F)cc3)CC2)cc1. The van der Waals surface area contributed by atoms with Crippen LogP contribution in [0.2, 0.25) is 0 Å². The first-order valence-electron chi connectivity index (χ1n) is 9.30. The summed E-state index contributed by atoms with van der Waals surface area (Å²) in [5.41, 5.74) is 1.12. The lowest BCUT2D eigenvalue weighted by Crippen LogP contribution is -2.42. The molecule has 0 spiro atoms. The largest absolute Gasteiger partial charge is 0.343 e. The molecule has 1 aliphatic heterocycles. The van der Waals surface area contributed by atoms with E-state index in [0.717, 1.165) is 17.7 Å². The first kappa shape index (κ1) is 20.9. The van der Waals surface area contributed by atoms with Gasteiger partial charge in [-0.2, -0.15) is 0 Å². The minimum absolute atomic E-state index is 0.0616. The molecular weight excluding hydrogens is 397 g/mol. The van der Waals surface area contributed by atoms with Crippen molar-refractivity contribution in [3.63, 3.8) is 0 Å². The van der Waals surface area contributed by atoms with Gasteiger partial charge in [0.15, 0.2) is 9.84 Å². The number of thioether (sulfide) groups is 1. The number of carbonyl (C=O) groups is 1. The Kier molecular flexibility index (Phi) is 6.78. The van der Waals surface area contributed by atoms with Gasteiger partial charge in [0, 0.05) is 24.4 Å². The van der Waals surface area contributed by atoms with Gasteiger partial charge in [-0.1, -0.05) is 12.1 Å². The topological polar surface area (TPSA) is 54.5 Å². The Morgan fingerprint density at radius 3 is 2.25 bits per heavy atom. The van der Waals surface area contributed by atoms with Crippen molar-refractivity contribution < 1.29 is 17.6 Å². The Bertz CT molecular complexity index is 904. The number of hydrogen-bond acceptors (Lipinski definition) is 4. The number of likely N-dealkylation sites (tertiary alicyclic amines) is 1. The van der Waals surface area contributed by atoms with Gasteiger partial charge in [0.25, 0.3) is 0 Å². The van der Waals surface area contributed by atoms with Crippen LogP contribution in [0.15, 0.2) is 58.3 Å². The molecule has 0 aliphatic carbocycles. The van der Waals surface area contributed by atoms with E-state index in [1.165, 1.54) is 17.0 Å². The highest BCUT2D eigenvalue weighted by molar-refractivity contribution is 7.98. The third kappa shape index (κ3) is 4.94. The minimum atomic E-state index is -3.50. The molecule has 1 fully saturated rings. The van der Waals surface area contributed by atoms with E-state index in [2.05, 4.69) is 12.1 Å². The van der Waals surface area contributed by atoms with Crippen LogP contribution >= 0.6 is 11.8 Å². The monoisotopic (exact) mass is 421 g/mol. The summed E-state index contributed by atoms with van der Waals surface area (Å²) in [7, 11) is -3.50. The average Bonchev–Trinajstić information content (AvgIpc) is 2.73. The number of amides is 1. The number of sulfone groups is 1. The third-order valence-corrected chi connectivity index (χ3v) is 8.18. The molecule has 2 aromatic carbocycles. The zero-order valence-electron chi connectivity index (χ0n) is 15.8. The summed E-state index contributed by atoms with van der Waals surface area (Å²) in [6, 6.07) is 13.1. The van der Waals surface area contributed by atoms with Crippen LogP contribution in [0.1, 0.15) is 24.8 Å². The summed E-state index contributed by atoms with van der Waals surface area (Å²) in [5, 5.41) is -0.527. The second-order valence-electron chi connectivity index (χ2n) is 6.93. The second-order valence-corrected chi connectivity index (χ2v) is 10.0. The van der Waals surface area contributed by atoms with Crippen LogP contribution in [0.25, 0.3) is 0 Å². The maximum Gasteiger partial charge on any atom is 0.222 e. The van der Waals surface area contributed by atoms with Crippen LogP contribution in [0, 0.1) is 5.82 Å². The summed E-state index contributed by atoms with van der Waals surface area (Å²) < 4.78 is 38.5. The molecule has 1 aliphatic rings. The van der Waals surface area contributed by atoms with Gasteiger partial charge in [0.1, 0.15) is 5.82 Å². The molecule has 2 aromatic rings. The van der Waals surface area contributed by atoms with Gasteiger partial charge in [-0.3, -0.25) is 4.79 Å². The van der Waals surface area contributed by atoms with Crippen LogP contribution in [-0.4, -0.2) is 43.8 Å². The maximum absolute atomic E-state index is 13.1. The number of carbonyl (C=O) groups excluding carboxylic acids is 1. The van der Waals surface area contributed by atoms with E-state index in [-0.39, 0.29) is 10.8 Å². The fourth-order valence-electron chi connectivity index (χ4n) is 3.43. The van der Waals surface area contributed by atoms with E-state index in [9.17, 15) is 17.6 Å². The van der Waals surface area contributed by atoms with Crippen LogP contribution in [0.5, 0.6) is 0 Å². The Hall–Kier alpha value is -1.86. The zero-order valence-corrected chi connectivity index (χ0v) is 17.4. The van der Waals surface area contributed by atoms with Crippen molar-refractivity contribution in [1.29, 1.82) is 0 Å². The molecule has 0 unspecified atom stereocenters. The highest BCUT2D eigenvalue weighted by atomic mass is 32.2. The Labute approximate surface area is 170 Å². The summed E-state index contributed by atoms with van der Waals surface area (Å²) in [5.74, 6) is -0.394. The molecule has 1 heterocycles. The number of rotatable bonds is 6. The van der Waals surface area contributed by atoms with Gasteiger partial charge in [-0.05, 0) is 67.5 Å². The van der Waals surface area contributed by atoms with Crippen molar-refractivity contribution in [2.75, 3.05) is 19.3 Å². The molecule has 0 aromatic heterocycles. The lowest BCUT2D eigenvalue weighted by molar-refractivity contribution is -0.132. The lowest BCUT2D eigenvalue weighted by atomic mass is 10.1. The first-order valence-corrected chi connectivity index (χ1v) is 12.1. The van der Waals surface area contributed by atoms with E-state index in [0.29, 0.717) is 38.8 Å². The number of halogens is 1. The van der Waals surface area contributed by atoms with Gasteiger partial charge in [0.2, 0.25) is 5.91 Å². The van der Waals surface area contributed by atoms with Crippen molar-refractivity contribution in [2.45, 2.75) is 40.7 Å². The maximum atomic E-state index is 13.1. The smallest absolute Gasteiger partial charge is 0.222 e. The molecule has 7 heteroatoms. The molecule has 0 atom stereocenters. The van der Waals surface area contributed by atoms with E-state index < -0.39 is 20.9 Å². The van der Waals surface area contributed by atoms with Crippen LogP contribution in [0.4, 0.5) is 4.39 Å². The quantitative estimate of drug-likeness (QED) is 0.524. The summed E-state index contributed by atoms with van der Waals surface area (Å²) in [6.45, 7) is 0.880. The van der Waals surface area contributed by atoms with Gasteiger partial charge >= 0.3 is 0 Å². The molecule has 1 saturated heterocycles. The molecule has 1 amide bonds. The predicted octanol–water partition coefficient (Wildman–Crippen LogP) is 3.95. The molecular formula is C21H24FNO3S2. The van der Waals surface area contributed by atoms with Crippen molar-refractivity contribution in [3.05, 3.63) is 59.9 Å². The van der Waals surface area contributed by atoms with Crippen molar-refractivity contribution in [1.82, 2.24) is 4.90 Å². The minimum Gasteiger partial charge on any atom is -0.343 e. The Morgan fingerprint density at radius 1 is 1.07 bits per heavy atom. The predicted molar refractivity (Wildman–Crippen MR) is 110 cm³/mol. The summed E-state index contributed by atoms with van der Waals surface area (Å²) in [4.78, 5) is 15.6. The number of aryl methyl sites for hydroxylation is 1. The standard InChI is InChI=1S/C21H24FNO3S2/c1-27-18-7-2-16(3-8-18)4-11-21(24)23-14-12-20(13-15-23)28(25,26)19-9-5-17(22)6-10-19/h2-3,5-10,20H,4,11-15H2,1H3. The molecule has 4 nitrogen and oxygen atoms in total. The summed E-state index contributed by atoms with van der Waals surface area (Å²) >= 11 is 1.68. The highest BCUT2D eigenvalue weighted by Gasteiger charge is 2.32. The fraction of sp³-hybridized carbons (Fsp3) is 0.381. The lowest BCUT2D eigenvalue weighted by Gasteiger charge is -2.32. The van der Waals surface area contributed by atoms with Gasteiger partial charge < -0.3 is 4.90 Å². The van der Waals surface area contributed by atoms with Crippen molar-refractivity contribution in [3.8, 4) is 0 Å². The second kappa shape index (κ2) is 9.09. The van der Waals surface area contributed by atoms with E-state index in [1.54, 1.807) is 16.7 Å². The highest BCUT2D eigenvalue weighted by Crippen LogP contribution is 2.25. The number of benzene rings is 2. The van der Waals surface area contributed by atoms with Crippen molar-refractivity contribution in [2.24, 2.45) is 0 Å². The summed E-state index contributed by atoms with van der Waals surface area (Å²) in [6.07, 6.45) is 3.95. The zero-order chi connectivity index (χ0) is 20.1. The van der Waals surface area contributed by atoms with Gasteiger partial charge in [-0.15, -0.1) is 11.8 Å². The van der Waals surface area contributed by atoms with E-state index >= 15 is 0 Å². The molecule has 150 valence electrons. The van der Waals surface area contributed by atoms with E-state index in [1.807, 2.05) is 18.4 Å². The van der Waals surface area contributed by atoms with Crippen molar-refractivity contribution >= 4 is 27.5 Å². The Morgan fingerprint density at radius 2 is 1.68 bits per heavy atom. The molecule has 28 heavy (non-hydrogen) atoms. The number of hydrogen-bond donors (Lipinski definition) is 0. The molecule has 3 rings (SSSR count). The van der Waals surface area contributed by atoms with Crippen LogP contribution in [0.3, 0.4) is 0 Å². The molecule has 0 radical (unpaired) electrons. The van der Waals surface area contributed by atoms with Crippen LogP contribution in [-0.2, 0) is 21.1 Å². The first-order chi connectivity index (χ1) is 13.4. The normalized spacial score (nSPS) is 15.6. The number of nitrogens with zero attached hydrogens (tertiary/aromatic N) is 1. The Balaban J connectivity index is 1.52. The number of piperidine rings is 1. The van der Waals surface area contributed by atoms with Crippen LogP contribution < -0.4 is 0 Å².